The van der Waals surface area contributed by atoms with Crippen LogP contribution in [0.2, 0.25) is 0 Å². The molecule has 0 unspecified atom stereocenters. The minimum Gasteiger partial charge on any atom is -0.459 e. The van der Waals surface area contributed by atoms with Crippen LogP contribution >= 0.6 is 0 Å². The van der Waals surface area contributed by atoms with Crippen LogP contribution in [-0.2, 0) is 47.7 Å². The summed E-state index contributed by atoms with van der Waals surface area (Å²) < 4.78 is 29.2. The Labute approximate surface area is 258 Å². The highest BCUT2D eigenvalue weighted by atomic mass is 16.6. The van der Waals surface area contributed by atoms with Crippen molar-refractivity contribution in [1.29, 1.82) is 0 Å². The fourth-order valence-electron chi connectivity index (χ4n) is 6.35. The average molecular weight is 623 g/mol. The molecule has 0 bridgehead atoms. The van der Waals surface area contributed by atoms with Gasteiger partial charge in [-0.2, -0.15) is 0 Å². The van der Waals surface area contributed by atoms with E-state index in [9.17, 15) is 34.2 Å². The summed E-state index contributed by atoms with van der Waals surface area (Å²) in [6.45, 7) is 15.5. The molecule has 0 aromatic heterocycles. The summed E-state index contributed by atoms with van der Waals surface area (Å²) in [5, 5.41) is 23.9. The van der Waals surface area contributed by atoms with E-state index in [0.29, 0.717) is 6.42 Å². The molecule has 3 rings (SSSR count). The molecular formula is C32H46O12. The molecule has 2 N–H and O–H groups in total. The van der Waals surface area contributed by atoms with Gasteiger partial charge in [0.2, 0.25) is 0 Å². The number of hydrogen-bond donors (Lipinski definition) is 2. The zero-order chi connectivity index (χ0) is 33.5. The molecule has 12 nitrogen and oxygen atoms in total. The first kappa shape index (κ1) is 35.2. The SMILES string of the molecule is C/C=C(/C)C(=O)O[C@@H]1C(C)=C2[C@@H]3OC(=O)[C@](C)(O)[C@@]3(O)[C@H](OC(=O)[C@H](C)CC)C[C@@](C)(OC(C)=O)[C@@H]2[C@H]1OC(=O)CC(C)C. The number of carbonyl (C=O) groups is 5. The number of ether oxygens (including phenoxy) is 5. The molecule has 1 heterocycles. The van der Waals surface area contributed by atoms with Crippen molar-refractivity contribution in [3.63, 3.8) is 0 Å². The van der Waals surface area contributed by atoms with Crippen LogP contribution in [0.4, 0.5) is 0 Å². The molecular weight excluding hydrogens is 576 g/mol. The van der Waals surface area contributed by atoms with E-state index < -0.39 is 89.3 Å². The molecule has 0 spiro atoms. The summed E-state index contributed by atoms with van der Waals surface area (Å²) in [6.07, 6.45) is -4.27. The number of esters is 5. The quantitative estimate of drug-likeness (QED) is 0.167. The molecule has 44 heavy (non-hydrogen) atoms. The van der Waals surface area contributed by atoms with E-state index in [2.05, 4.69) is 0 Å². The maximum Gasteiger partial charge on any atom is 0.341 e. The van der Waals surface area contributed by atoms with Crippen molar-refractivity contribution >= 4 is 29.8 Å². The second-order valence-electron chi connectivity index (χ2n) is 13.0. The molecule has 3 aliphatic rings. The minimum absolute atomic E-state index is 0.0165. The first-order chi connectivity index (χ1) is 20.3. The van der Waals surface area contributed by atoms with E-state index in [4.69, 9.17) is 23.7 Å². The lowest BCUT2D eigenvalue weighted by atomic mass is 9.75. The fourth-order valence-corrected chi connectivity index (χ4v) is 6.35. The standard InChI is InChI=1S/C32H46O12/c1-11-16(5)27(35)40-20-14-30(9,44-19(8)33)23-22(26-32(20,39)31(10,38)29(37)43-26)18(7)24(42-28(36)17(6)12-2)25(23)41-21(34)13-15(3)4/h12,15-16,20,23-26,38-39H,11,13-14H2,1-10H3/b17-12-/t16-,20-,23+,24-,25-,26+,30-,31+,32-/m1/s1. The van der Waals surface area contributed by atoms with Gasteiger partial charge in [-0.1, -0.05) is 33.8 Å². The largest absolute Gasteiger partial charge is 0.459 e. The smallest absolute Gasteiger partial charge is 0.341 e. The molecule has 0 aromatic rings. The van der Waals surface area contributed by atoms with Gasteiger partial charge in [-0.05, 0) is 58.1 Å². The summed E-state index contributed by atoms with van der Waals surface area (Å²) in [5.41, 5.74) is -6.19. The number of aliphatic hydroxyl groups is 2. The summed E-state index contributed by atoms with van der Waals surface area (Å²) in [4.78, 5) is 65.0. The Hall–Kier alpha value is -3.25. The summed E-state index contributed by atoms with van der Waals surface area (Å²) in [6, 6.07) is 0. The van der Waals surface area contributed by atoms with Crippen LogP contribution in [0, 0.1) is 17.8 Å². The van der Waals surface area contributed by atoms with Crippen molar-refractivity contribution < 1.29 is 57.9 Å². The lowest BCUT2D eigenvalue weighted by molar-refractivity contribution is -0.214. The number of hydrogen-bond acceptors (Lipinski definition) is 12. The monoisotopic (exact) mass is 622 g/mol. The van der Waals surface area contributed by atoms with Gasteiger partial charge in [-0.3, -0.25) is 14.4 Å². The van der Waals surface area contributed by atoms with Crippen molar-refractivity contribution in [3.05, 3.63) is 22.8 Å². The Morgan fingerprint density at radius 1 is 1.07 bits per heavy atom. The third-order valence-corrected chi connectivity index (χ3v) is 9.15. The van der Waals surface area contributed by atoms with Crippen LogP contribution in [0.25, 0.3) is 0 Å². The van der Waals surface area contributed by atoms with Gasteiger partial charge in [0, 0.05) is 25.3 Å². The molecule has 0 radical (unpaired) electrons. The fraction of sp³-hybridized carbons (Fsp3) is 0.719. The van der Waals surface area contributed by atoms with Gasteiger partial charge in [0.05, 0.1) is 11.8 Å². The molecule has 1 saturated heterocycles. The normalized spacial score (nSPS) is 35.7. The van der Waals surface area contributed by atoms with Gasteiger partial charge in [0.1, 0.15) is 11.7 Å². The van der Waals surface area contributed by atoms with E-state index >= 15 is 0 Å². The van der Waals surface area contributed by atoms with Crippen molar-refractivity contribution in [1.82, 2.24) is 0 Å². The lowest BCUT2D eigenvalue weighted by Gasteiger charge is -2.42. The number of allylic oxidation sites excluding steroid dienone is 1. The van der Waals surface area contributed by atoms with Crippen LogP contribution in [0.1, 0.15) is 88.5 Å². The Bertz CT molecular complexity index is 1260. The van der Waals surface area contributed by atoms with Crippen LogP contribution in [0.3, 0.4) is 0 Å². The summed E-state index contributed by atoms with van der Waals surface area (Å²) >= 11 is 0. The topological polar surface area (TPSA) is 172 Å². The van der Waals surface area contributed by atoms with Crippen LogP contribution in [0.15, 0.2) is 22.8 Å². The maximum atomic E-state index is 13.2. The summed E-state index contributed by atoms with van der Waals surface area (Å²) in [7, 11) is 0. The van der Waals surface area contributed by atoms with E-state index in [1.807, 2.05) is 13.8 Å². The Morgan fingerprint density at radius 3 is 2.20 bits per heavy atom. The molecule has 0 aromatic carbocycles. The highest BCUT2D eigenvalue weighted by molar-refractivity contribution is 5.88. The molecule has 1 saturated carbocycles. The predicted molar refractivity (Wildman–Crippen MR) is 154 cm³/mol. The lowest BCUT2D eigenvalue weighted by Crippen LogP contribution is -2.64. The second kappa shape index (κ2) is 12.6. The predicted octanol–water partition coefficient (Wildman–Crippen LogP) is 2.86. The summed E-state index contributed by atoms with van der Waals surface area (Å²) in [5.74, 6) is -5.81. The minimum atomic E-state index is -2.59. The van der Waals surface area contributed by atoms with E-state index in [0.717, 1.165) is 6.92 Å². The van der Waals surface area contributed by atoms with Crippen molar-refractivity contribution in [2.75, 3.05) is 0 Å². The number of carbonyl (C=O) groups excluding carboxylic acids is 5. The molecule has 0 amide bonds. The first-order valence-corrected chi connectivity index (χ1v) is 15.1. The van der Waals surface area contributed by atoms with Gasteiger partial charge in [0.15, 0.2) is 29.5 Å². The zero-order valence-corrected chi connectivity index (χ0v) is 27.2. The van der Waals surface area contributed by atoms with E-state index in [-0.39, 0.29) is 29.1 Å². The van der Waals surface area contributed by atoms with Crippen molar-refractivity contribution in [2.45, 2.75) is 130 Å². The van der Waals surface area contributed by atoms with Gasteiger partial charge >= 0.3 is 29.8 Å². The van der Waals surface area contributed by atoms with Crippen molar-refractivity contribution in [2.24, 2.45) is 17.8 Å². The van der Waals surface area contributed by atoms with E-state index in [1.54, 1.807) is 40.7 Å². The maximum absolute atomic E-state index is 13.2. The molecule has 2 aliphatic carbocycles. The Kier molecular flexibility index (Phi) is 10.1. The molecule has 2 fully saturated rings. The average Bonchev–Trinajstić information content (AvgIpc) is 3.25. The zero-order valence-electron chi connectivity index (χ0n) is 27.2. The third kappa shape index (κ3) is 6.02. The molecule has 9 atom stereocenters. The molecule has 12 heteroatoms. The Morgan fingerprint density at radius 2 is 1.68 bits per heavy atom. The van der Waals surface area contributed by atoms with Gasteiger partial charge in [-0.25, -0.2) is 9.59 Å². The number of rotatable bonds is 9. The highest BCUT2D eigenvalue weighted by Gasteiger charge is 2.76. The van der Waals surface area contributed by atoms with Gasteiger partial charge < -0.3 is 33.9 Å². The molecule has 1 aliphatic heterocycles. The molecule has 246 valence electrons. The Balaban J connectivity index is 2.34. The van der Waals surface area contributed by atoms with Crippen LogP contribution in [-0.4, -0.2) is 81.3 Å². The first-order valence-electron chi connectivity index (χ1n) is 15.1. The van der Waals surface area contributed by atoms with Crippen molar-refractivity contribution in [3.8, 4) is 0 Å². The van der Waals surface area contributed by atoms with E-state index in [1.165, 1.54) is 13.8 Å². The van der Waals surface area contributed by atoms with Crippen LogP contribution in [0.5, 0.6) is 0 Å². The number of fused-ring (bicyclic) bond motifs is 3. The van der Waals surface area contributed by atoms with Gasteiger partial charge in [-0.15, -0.1) is 0 Å². The van der Waals surface area contributed by atoms with Crippen LogP contribution < -0.4 is 0 Å². The highest BCUT2D eigenvalue weighted by Crippen LogP contribution is 2.57. The van der Waals surface area contributed by atoms with Gasteiger partial charge in [0.25, 0.3) is 0 Å². The third-order valence-electron chi connectivity index (χ3n) is 9.15. The second-order valence-corrected chi connectivity index (χ2v) is 13.0.